The topological polar surface area (TPSA) is 88.2 Å². The summed E-state index contributed by atoms with van der Waals surface area (Å²) >= 11 is 0. The number of amides is 1. The first-order valence-corrected chi connectivity index (χ1v) is 7.34. The SMILES string of the molecule is CC(C)CC(COc1ccccc1)NC(=O)[C@H]1O[C@@H]1C(=O)O. The Kier molecular flexibility index (Phi) is 5.38. The van der Waals surface area contributed by atoms with Crippen molar-refractivity contribution in [2.75, 3.05) is 6.61 Å². The van der Waals surface area contributed by atoms with Crippen molar-refractivity contribution < 1.29 is 24.2 Å². The van der Waals surface area contributed by atoms with Crippen LogP contribution >= 0.6 is 0 Å². The molecule has 22 heavy (non-hydrogen) atoms. The summed E-state index contributed by atoms with van der Waals surface area (Å²) < 4.78 is 10.5. The van der Waals surface area contributed by atoms with Gasteiger partial charge in [0, 0.05) is 0 Å². The summed E-state index contributed by atoms with van der Waals surface area (Å²) in [6.07, 6.45) is -1.16. The molecule has 1 amide bonds. The van der Waals surface area contributed by atoms with E-state index in [0.29, 0.717) is 12.5 Å². The number of nitrogens with one attached hydrogen (secondary N) is 1. The van der Waals surface area contributed by atoms with Crippen LogP contribution in [-0.4, -0.2) is 41.8 Å². The minimum atomic E-state index is -1.11. The molecule has 2 N–H and O–H groups in total. The molecule has 120 valence electrons. The van der Waals surface area contributed by atoms with Gasteiger partial charge >= 0.3 is 5.97 Å². The molecule has 0 aliphatic carbocycles. The monoisotopic (exact) mass is 307 g/mol. The summed E-state index contributed by atoms with van der Waals surface area (Å²) in [6, 6.07) is 9.15. The second-order valence-corrected chi connectivity index (χ2v) is 5.77. The number of benzene rings is 1. The van der Waals surface area contributed by atoms with E-state index < -0.39 is 24.1 Å². The number of para-hydroxylation sites is 1. The Hall–Kier alpha value is -2.08. The molecule has 1 aromatic carbocycles. The summed E-state index contributed by atoms with van der Waals surface area (Å²) in [5.41, 5.74) is 0. The average molecular weight is 307 g/mol. The molecule has 1 aromatic rings. The fourth-order valence-electron chi connectivity index (χ4n) is 2.23. The van der Waals surface area contributed by atoms with Crippen LogP contribution in [0.5, 0.6) is 5.75 Å². The number of carbonyl (C=O) groups is 2. The Labute approximate surface area is 129 Å². The average Bonchev–Trinajstić information content (AvgIpc) is 3.26. The summed E-state index contributed by atoms with van der Waals surface area (Å²) in [5.74, 6) is -0.396. The molecule has 0 spiro atoms. The van der Waals surface area contributed by atoms with Gasteiger partial charge in [-0.3, -0.25) is 4.79 Å². The second-order valence-electron chi connectivity index (χ2n) is 5.77. The van der Waals surface area contributed by atoms with Gasteiger partial charge in [-0.15, -0.1) is 0 Å². The third-order valence-corrected chi connectivity index (χ3v) is 3.29. The van der Waals surface area contributed by atoms with E-state index in [1.807, 2.05) is 30.3 Å². The molecule has 1 fully saturated rings. The van der Waals surface area contributed by atoms with E-state index in [1.54, 1.807) is 0 Å². The van der Waals surface area contributed by atoms with E-state index in [1.165, 1.54) is 0 Å². The van der Waals surface area contributed by atoms with Crippen molar-refractivity contribution in [1.29, 1.82) is 0 Å². The lowest BCUT2D eigenvalue weighted by atomic mass is 10.0. The van der Waals surface area contributed by atoms with Crippen molar-refractivity contribution in [2.24, 2.45) is 5.92 Å². The maximum absolute atomic E-state index is 12.0. The Morgan fingerprint density at radius 3 is 2.50 bits per heavy atom. The zero-order valence-corrected chi connectivity index (χ0v) is 12.7. The van der Waals surface area contributed by atoms with Crippen molar-refractivity contribution >= 4 is 11.9 Å². The van der Waals surface area contributed by atoms with Crippen molar-refractivity contribution in [3.63, 3.8) is 0 Å². The molecule has 1 unspecified atom stereocenters. The standard InChI is InChI=1S/C16H21NO5/c1-10(2)8-11(9-21-12-6-4-3-5-7-12)17-15(18)13-14(22-13)16(19)20/h3-7,10-11,13-14H,8-9H2,1-2H3,(H,17,18)(H,19,20)/t11?,13-,14-/m0/s1. The van der Waals surface area contributed by atoms with Crippen LogP contribution < -0.4 is 10.1 Å². The predicted octanol–water partition coefficient (Wildman–Crippen LogP) is 1.45. The number of ether oxygens (including phenoxy) is 2. The van der Waals surface area contributed by atoms with Crippen LogP contribution in [-0.2, 0) is 14.3 Å². The van der Waals surface area contributed by atoms with E-state index in [2.05, 4.69) is 19.2 Å². The fraction of sp³-hybridized carbons (Fsp3) is 0.500. The van der Waals surface area contributed by atoms with Gasteiger partial charge in [-0.25, -0.2) is 4.79 Å². The van der Waals surface area contributed by atoms with Gasteiger partial charge < -0.3 is 19.9 Å². The Bertz CT molecular complexity index is 517. The molecule has 2 rings (SSSR count). The number of carbonyl (C=O) groups excluding carboxylic acids is 1. The van der Waals surface area contributed by atoms with Gasteiger partial charge in [0.2, 0.25) is 0 Å². The minimum absolute atomic E-state index is 0.189. The molecule has 0 saturated carbocycles. The quantitative estimate of drug-likeness (QED) is 0.710. The Balaban J connectivity index is 1.86. The molecule has 1 saturated heterocycles. The first-order valence-electron chi connectivity index (χ1n) is 7.34. The van der Waals surface area contributed by atoms with E-state index >= 15 is 0 Å². The Morgan fingerprint density at radius 1 is 1.27 bits per heavy atom. The minimum Gasteiger partial charge on any atom is -0.491 e. The van der Waals surface area contributed by atoms with E-state index in [9.17, 15) is 9.59 Å². The fourth-order valence-corrected chi connectivity index (χ4v) is 2.23. The summed E-state index contributed by atoms with van der Waals surface area (Å²) in [4.78, 5) is 22.7. The van der Waals surface area contributed by atoms with Gasteiger partial charge in [-0.2, -0.15) is 0 Å². The van der Waals surface area contributed by atoms with Crippen molar-refractivity contribution in [2.45, 2.75) is 38.5 Å². The molecule has 0 aromatic heterocycles. The predicted molar refractivity (Wildman–Crippen MR) is 79.6 cm³/mol. The van der Waals surface area contributed by atoms with Crippen LogP contribution in [0.25, 0.3) is 0 Å². The van der Waals surface area contributed by atoms with Crippen LogP contribution in [0, 0.1) is 5.92 Å². The van der Waals surface area contributed by atoms with E-state index in [4.69, 9.17) is 14.6 Å². The highest BCUT2D eigenvalue weighted by molar-refractivity contribution is 5.92. The van der Waals surface area contributed by atoms with Crippen LogP contribution in [0.2, 0.25) is 0 Å². The molecule has 6 nitrogen and oxygen atoms in total. The van der Waals surface area contributed by atoms with E-state index in [0.717, 1.165) is 12.2 Å². The third-order valence-electron chi connectivity index (χ3n) is 3.29. The lowest BCUT2D eigenvalue weighted by Crippen LogP contribution is -2.42. The smallest absolute Gasteiger partial charge is 0.336 e. The maximum atomic E-state index is 12.0. The molecule has 3 atom stereocenters. The molecular formula is C16H21NO5. The highest BCUT2D eigenvalue weighted by Gasteiger charge is 2.51. The highest BCUT2D eigenvalue weighted by Crippen LogP contribution is 2.22. The van der Waals surface area contributed by atoms with Gasteiger partial charge in [0.15, 0.2) is 12.2 Å². The van der Waals surface area contributed by atoms with Crippen LogP contribution in [0.3, 0.4) is 0 Å². The Morgan fingerprint density at radius 2 is 1.95 bits per heavy atom. The second kappa shape index (κ2) is 7.26. The zero-order chi connectivity index (χ0) is 16.1. The molecule has 1 aliphatic heterocycles. The van der Waals surface area contributed by atoms with Crippen molar-refractivity contribution in [3.05, 3.63) is 30.3 Å². The van der Waals surface area contributed by atoms with Gasteiger partial charge in [-0.1, -0.05) is 32.0 Å². The number of carboxylic acid groups (broad SMARTS) is 1. The molecule has 1 heterocycles. The van der Waals surface area contributed by atoms with Crippen molar-refractivity contribution in [1.82, 2.24) is 5.32 Å². The zero-order valence-electron chi connectivity index (χ0n) is 12.7. The van der Waals surface area contributed by atoms with Crippen LogP contribution in [0.15, 0.2) is 30.3 Å². The number of aliphatic carboxylic acids is 1. The summed E-state index contributed by atoms with van der Waals surface area (Å²) in [7, 11) is 0. The number of carboxylic acids is 1. The number of hydrogen-bond acceptors (Lipinski definition) is 4. The van der Waals surface area contributed by atoms with E-state index in [-0.39, 0.29) is 6.04 Å². The third kappa shape index (κ3) is 4.73. The van der Waals surface area contributed by atoms with Crippen LogP contribution in [0.1, 0.15) is 20.3 Å². The molecule has 0 bridgehead atoms. The van der Waals surface area contributed by atoms with Gasteiger partial charge in [0.25, 0.3) is 5.91 Å². The summed E-state index contributed by atoms with van der Waals surface area (Å²) in [5, 5.41) is 11.6. The molecule has 1 aliphatic rings. The summed E-state index contributed by atoms with van der Waals surface area (Å²) in [6.45, 7) is 4.43. The number of rotatable bonds is 8. The van der Waals surface area contributed by atoms with Crippen molar-refractivity contribution in [3.8, 4) is 5.75 Å². The lowest BCUT2D eigenvalue weighted by molar-refractivity contribution is -0.138. The first-order chi connectivity index (χ1) is 10.5. The number of epoxide rings is 1. The molecule has 0 radical (unpaired) electrons. The maximum Gasteiger partial charge on any atom is 0.336 e. The van der Waals surface area contributed by atoms with Gasteiger partial charge in [0.05, 0.1) is 6.04 Å². The van der Waals surface area contributed by atoms with Gasteiger partial charge in [0.1, 0.15) is 12.4 Å². The highest BCUT2D eigenvalue weighted by atomic mass is 16.6. The van der Waals surface area contributed by atoms with Crippen LogP contribution in [0.4, 0.5) is 0 Å². The first kappa shape index (κ1) is 16.3. The molecule has 6 heteroatoms. The largest absolute Gasteiger partial charge is 0.491 e. The van der Waals surface area contributed by atoms with Gasteiger partial charge in [-0.05, 0) is 24.5 Å². The molecular weight excluding hydrogens is 286 g/mol. The number of hydrogen-bond donors (Lipinski definition) is 2. The normalized spacial score (nSPS) is 21.2. The lowest BCUT2D eigenvalue weighted by Gasteiger charge is -2.20.